The molecule has 0 unspecified atom stereocenters. The maximum Gasteiger partial charge on any atom is 0.151 e. The maximum absolute atomic E-state index is 12.2. The Labute approximate surface area is 127 Å². The lowest BCUT2D eigenvalue weighted by Crippen LogP contribution is -2.37. The van der Waals surface area contributed by atoms with E-state index in [1.165, 1.54) is 4.70 Å². The van der Waals surface area contributed by atoms with Gasteiger partial charge in [0.25, 0.3) is 0 Å². The molecule has 0 spiro atoms. The van der Waals surface area contributed by atoms with Crippen LogP contribution in [0.3, 0.4) is 0 Å². The van der Waals surface area contributed by atoms with Crippen molar-refractivity contribution < 1.29 is 14.4 Å². The predicted molar refractivity (Wildman–Crippen MR) is 82.6 cm³/mol. The Bertz CT molecular complexity index is 710. The number of fused-ring (bicyclic) bond motifs is 1. The van der Waals surface area contributed by atoms with Crippen LogP contribution in [0.5, 0.6) is 0 Å². The molecule has 3 nitrogen and oxygen atoms in total. The van der Waals surface area contributed by atoms with E-state index in [0.29, 0.717) is 0 Å². The van der Waals surface area contributed by atoms with Gasteiger partial charge in [0.2, 0.25) is 0 Å². The minimum atomic E-state index is -1.00. The normalized spacial score (nSPS) is 22.7. The molecule has 4 heteroatoms. The molecule has 0 atom stereocenters. The van der Waals surface area contributed by atoms with Crippen LogP contribution < -0.4 is 0 Å². The Kier molecular flexibility index (Phi) is 3.72. The fraction of sp³-hybridized carbons (Fsp3) is 0.353. The number of ketones is 3. The average molecular weight is 300 g/mol. The van der Waals surface area contributed by atoms with Crippen molar-refractivity contribution in [3.8, 4) is 0 Å². The number of Topliss-reactive ketones (excluding diaryl/α,β-unsaturated/α-hetero) is 3. The van der Waals surface area contributed by atoms with Gasteiger partial charge in [0.1, 0.15) is 5.92 Å². The van der Waals surface area contributed by atoms with Crippen LogP contribution in [0.1, 0.15) is 37.7 Å². The van der Waals surface area contributed by atoms with Gasteiger partial charge in [-0.2, -0.15) is 0 Å². The number of hydrogen-bond acceptors (Lipinski definition) is 4. The number of hydrogen-bond donors (Lipinski definition) is 0. The summed E-state index contributed by atoms with van der Waals surface area (Å²) in [7, 11) is 0. The van der Waals surface area contributed by atoms with Crippen LogP contribution in [0.2, 0.25) is 0 Å². The molecule has 21 heavy (non-hydrogen) atoms. The van der Waals surface area contributed by atoms with Crippen LogP contribution in [0.25, 0.3) is 10.1 Å². The number of carbonyl (C=O) groups is 3. The highest BCUT2D eigenvalue weighted by molar-refractivity contribution is 7.17. The molecule has 1 aromatic carbocycles. The third-order valence-corrected chi connectivity index (χ3v) is 5.06. The molecule has 1 aliphatic carbocycles. The summed E-state index contributed by atoms with van der Waals surface area (Å²) in [4.78, 5) is 36.1. The van der Waals surface area contributed by atoms with Crippen LogP contribution in [0.4, 0.5) is 0 Å². The zero-order valence-electron chi connectivity index (χ0n) is 11.8. The van der Waals surface area contributed by atoms with E-state index < -0.39 is 5.92 Å². The molecule has 0 amide bonds. The van der Waals surface area contributed by atoms with Gasteiger partial charge in [0, 0.05) is 24.0 Å². The monoisotopic (exact) mass is 300 g/mol. The topological polar surface area (TPSA) is 51.2 Å². The van der Waals surface area contributed by atoms with Gasteiger partial charge in [-0.15, -0.1) is 11.3 Å². The summed E-state index contributed by atoms with van der Waals surface area (Å²) in [5.74, 6) is -1.76. The average Bonchev–Trinajstić information content (AvgIpc) is 2.93. The van der Waals surface area contributed by atoms with Crippen molar-refractivity contribution in [1.82, 2.24) is 0 Å². The molecule has 0 N–H and O–H groups in total. The molecule has 2 aromatic rings. The fourth-order valence-corrected chi connectivity index (χ4v) is 3.78. The molecule has 0 aliphatic heterocycles. The van der Waals surface area contributed by atoms with Gasteiger partial charge in [-0.3, -0.25) is 14.4 Å². The van der Waals surface area contributed by atoms with Crippen molar-refractivity contribution in [2.24, 2.45) is 5.92 Å². The summed E-state index contributed by atoms with van der Waals surface area (Å²) in [6, 6.07) is 8.12. The molecule has 3 rings (SSSR count). The highest BCUT2D eigenvalue weighted by Gasteiger charge is 2.39. The second-order valence-corrected chi connectivity index (χ2v) is 6.46. The van der Waals surface area contributed by atoms with E-state index in [1.807, 2.05) is 23.6 Å². The van der Waals surface area contributed by atoms with Crippen molar-refractivity contribution in [1.29, 1.82) is 0 Å². The maximum atomic E-state index is 12.2. The summed E-state index contributed by atoms with van der Waals surface area (Å²) in [6.45, 7) is 1.69. The Morgan fingerprint density at radius 3 is 2.57 bits per heavy atom. The first kappa shape index (κ1) is 14.1. The zero-order valence-corrected chi connectivity index (χ0v) is 12.6. The molecular weight excluding hydrogens is 284 g/mol. The summed E-state index contributed by atoms with van der Waals surface area (Å²) >= 11 is 1.67. The lowest BCUT2D eigenvalue weighted by atomic mass is 9.75. The third-order valence-electron chi connectivity index (χ3n) is 4.16. The molecular formula is C17H16O3S. The van der Waals surface area contributed by atoms with Crippen molar-refractivity contribution in [3.63, 3.8) is 0 Å². The number of rotatable bonds is 3. The summed E-state index contributed by atoms with van der Waals surface area (Å²) in [6.07, 6.45) is 0.823. The van der Waals surface area contributed by atoms with Gasteiger partial charge in [0.05, 0.1) is 0 Å². The van der Waals surface area contributed by atoms with E-state index in [9.17, 15) is 14.4 Å². The van der Waals surface area contributed by atoms with E-state index >= 15 is 0 Å². The molecule has 1 aliphatic rings. The van der Waals surface area contributed by atoms with E-state index in [-0.39, 0.29) is 42.5 Å². The molecule has 0 radical (unpaired) electrons. The molecule has 108 valence electrons. The largest absolute Gasteiger partial charge is 0.298 e. The fourth-order valence-electron chi connectivity index (χ4n) is 3.01. The quantitative estimate of drug-likeness (QED) is 0.815. The first-order chi connectivity index (χ1) is 10.1. The molecule has 0 bridgehead atoms. The second kappa shape index (κ2) is 5.53. The van der Waals surface area contributed by atoms with Crippen LogP contribution in [0.15, 0.2) is 29.6 Å². The lowest BCUT2D eigenvalue weighted by Gasteiger charge is -2.25. The SMILES string of the molecule is CCC(=O)C1C(=O)CC(c2ccc3sccc3c2)CC1=O. The molecule has 0 saturated heterocycles. The van der Waals surface area contributed by atoms with E-state index in [0.717, 1.165) is 10.9 Å². The highest BCUT2D eigenvalue weighted by atomic mass is 32.1. The number of thiophene rings is 1. The Morgan fingerprint density at radius 2 is 1.90 bits per heavy atom. The second-order valence-electron chi connectivity index (χ2n) is 5.51. The van der Waals surface area contributed by atoms with Gasteiger partial charge in [-0.1, -0.05) is 19.1 Å². The van der Waals surface area contributed by atoms with E-state index in [4.69, 9.17) is 0 Å². The Balaban J connectivity index is 1.86. The highest BCUT2D eigenvalue weighted by Crippen LogP contribution is 2.34. The molecule has 1 aromatic heterocycles. The Hall–Kier alpha value is -1.81. The summed E-state index contributed by atoms with van der Waals surface area (Å²) in [5, 5.41) is 3.17. The Morgan fingerprint density at radius 1 is 1.19 bits per heavy atom. The van der Waals surface area contributed by atoms with Crippen molar-refractivity contribution in [2.75, 3.05) is 0 Å². The van der Waals surface area contributed by atoms with Crippen molar-refractivity contribution in [3.05, 3.63) is 35.2 Å². The van der Waals surface area contributed by atoms with Crippen LogP contribution in [-0.4, -0.2) is 17.3 Å². The van der Waals surface area contributed by atoms with Gasteiger partial charge < -0.3 is 0 Å². The van der Waals surface area contributed by atoms with Gasteiger partial charge >= 0.3 is 0 Å². The van der Waals surface area contributed by atoms with Gasteiger partial charge in [0.15, 0.2) is 17.3 Å². The van der Waals surface area contributed by atoms with Crippen LogP contribution in [0, 0.1) is 5.92 Å². The van der Waals surface area contributed by atoms with Gasteiger partial charge in [-0.05, 0) is 34.4 Å². The number of carbonyl (C=O) groups excluding carboxylic acids is 3. The first-order valence-corrected chi connectivity index (χ1v) is 8.03. The molecule has 1 heterocycles. The van der Waals surface area contributed by atoms with Gasteiger partial charge in [-0.25, -0.2) is 0 Å². The predicted octanol–water partition coefficient (Wildman–Crippen LogP) is 3.51. The molecule has 1 fully saturated rings. The van der Waals surface area contributed by atoms with Crippen molar-refractivity contribution >= 4 is 38.8 Å². The third kappa shape index (κ3) is 2.56. The summed E-state index contributed by atoms with van der Waals surface area (Å²) in [5.41, 5.74) is 1.02. The minimum Gasteiger partial charge on any atom is -0.298 e. The van der Waals surface area contributed by atoms with E-state index in [2.05, 4.69) is 6.07 Å². The van der Waals surface area contributed by atoms with Crippen LogP contribution in [-0.2, 0) is 14.4 Å². The molecule has 1 saturated carbocycles. The smallest absolute Gasteiger partial charge is 0.151 e. The van der Waals surface area contributed by atoms with Crippen molar-refractivity contribution in [2.45, 2.75) is 32.1 Å². The zero-order chi connectivity index (χ0) is 15.0. The lowest BCUT2D eigenvalue weighted by molar-refractivity contribution is -0.142. The van der Waals surface area contributed by atoms with Crippen LogP contribution >= 0.6 is 11.3 Å². The summed E-state index contributed by atoms with van der Waals surface area (Å²) < 4.78 is 1.20. The standard InChI is InChI=1S/C17H16O3S/c1-2-13(18)17-14(19)8-12(9-15(17)20)10-3-4-16-11(7-10)5-6-21-16/h3-7,12,17H,2,8-9H2,1H3. The van der Waals surface area contributed by atoms with E-state index in [1.54, 1.807) is 18.3 Å². The minimum absolute atomic E-state index is 0.0878. The first-order valence-electron chi connectivity index (χ1n) is 7.15. The number of benzene rings is 1.